The van der Waals surface area contributed by atoms with Crippen LogP contribution in [-0.4, -0.2) is 0 Å². The molecule has 0 heterocycles. The lowest BCUT2D eigenvalue weighted by atomic mass is 9.96. The van der Waals surface area contributed by atoms with E-state index in [1.54, 1.807) is 0 Å². The average molecular weight is 200 g/mol. The van der Waals surface area contributed by atoms with E-state index < -0.39 is 0 Å². The molecule has 4 N–H and O–H groups in total. The first-order chi connectivity index (χ1) is 7.24. The Morgan fingerprint density at radius 2 is 1.87 bits per heavy atom. The molecule has 0 aliphatic heterocycles. The van der Waals surface area contributed by atoms with Gasteiger partial charge in [0.25, 0.3) is 0 Å². The highest BCUT2D eigenvalue weighted by molar-refractivity contribution is 5.90. The van der Waals surface area contributed by atoms with Crippen molar-refractivity contribution in [2.24, 2.45) is 5.73 Å². The predicted octanol–water partition coefficient (Wildman–Crippen LogP) is 2.83. The molecule has 2 heteroatoms. The van der Waals surface area contributed by atoms with Gasteiger partial charge < -0.3 is 11.5 Å². The van der Waals surface area contributed by atoms with E-state index in [0.717, 1.165) is 17.7 Å². The molecule has 0 saturated heterocycles. The summed E-state index contributed by atoms with van der Waals surface area (Å²) < 4.78 is 0. The molecule has 0 spiro atoms. The van der Waals surface area contributed by atoms with Gasteiger partial charge in [-0.15, -0.1) is 0 Å². The zero-order valence-electron chi connectivity index (χ0n) is 8.90. The van der Waals surface area contributed by atoms with Crippen molar-refractivity contribution in [2.75, 3.05) is 5.73 Å². The van der Waals surface area contributed by atoms with Crippen molar-refractivity contribution in [3.05, 3.63) is 42.0 Å². The number of nitrogen functional groups attached to an aromatic ring is 1. The standard InChI is InChI=1S/C13H16N2/c1-2-11(14)13-10-6-4-3-5-9(10)7-8-12(13)15/h3-8,11H,2,14-15H2,1H3. The van der Waals surface area contributed by atoms with E-state index in [9.17, 15) is 0 Å². The van der Waals surface area contributed by atoms with Crippen LogP contribution < -0.4 is 11.5 Å². The molecule has 0 saturated carbocycles. The van der Waals surface area contributed by atoms with E-state index in [1.807, 2.05) is 24.3 Å². The first-order valence-electron chi connectivity index (χ1n) is 5.26. The second kappa shape index (κ2) is 3.91. The second-order valence-corrected chi connectivity index (χ2v) is 3.80. The molecule has 0 aromatic heterocycles. The van der Waals surface area contributed by atoms with Gasteiger partial charge in [-0.25, -0.2) is 0 Å². The van der Waals surface area contributed by atoms with E-state index >= 15 is 0 Å². The lowest BCUT2D eigenvalue weighted by molar-refractivity contribution is 0.706. The normalized spacial score (nSPS) is 12.9. The van der Waals surface area contributed by atoms with Gasteiger partial charge in [0.2, 0.25) is 0 Å². The summed E-state index contributed by atoms with van der Waals surface area (Å²) in [4.78, 5) is 0. The summed E-state index contributed by atoms with van der Waals surface area (Å²) in [7, 11) is 0. The largest absolute Gasteiger partial charge is 0.398 e. The van der Waals surface area contributed by atoms with Gasteiger partial charge in [0, 0.05) is 11.7 Å². The number of anilines is 1. The fourth-order valence-corrected chi connectivity index (χ4v) is 1.93. The fraction of sp³-hybridized carbons (Fsp3) is 0.231. The van der Waals surface area contributed by atoms with Crippen molar-refractivity contribution in [3.8, 4) is 0 Å². The van der Waals surface area contributed by atoms with Crippen LogP contribution in [0.2, 0.25) is 0 Å². The Labute approximate surface area is 89.9 Å². The van der Waals surface area contributed by atoms with Crippen molar-refractivity contribution in [1.82, 2.24) is 0 Å². The number of rotatable bonds is 2. The van der Waals surface area contributed by atoms with Crippen molar-refractivity contribution in [3.63, 3.8) is 0 Å². The first kappa shape index (κ1) is 9.99. The Hall–Kier alpha value is -1.54. The molecule has 0 radical (unpaired) electrons. The number of benzene rings is 2. The van der Waals surface area contributed by atoms with Crippen LogP contribution in [0.4, 0.5) is 5.69 Å². The highest BCUT2D eigenvalue weighted by Gasteiger charge is 2.11. The smallest absolute Gasteiger partial charge is 0.0368 e. The Morgan fingerprint density at radius 3 is 2.60 bits per heavy atom. The molecule has 2 rings (SSSR count). The molecular weight excluding hydrogens is 184 g/mol. The highest BCUT2D eigenvalue weighted by Crippen LogP contribution is 2.29. The third-order valence-electron chi connectivity index (χ3n) is 2.82. The van der Waals surface area contributed by atoms with Crippen LogP contribution in [0.15, 0.2) is 36.4 Å². The SMILES string of the molecule is CCC(N)c1c(N)ccc2ccccc12. The van der Waals surface area contributed by atoms with Gasteiger partial charge in [-0.3, -0.25) is 0 Å². The summed E-state index contributed by atoms with van der Waals surface area (Å²) in [6.07, 6.45) is 0.901. The third kappa shape index (κ3) is 1.68. The van der Waals surface area contributed by atoms with Gasteiger partial charge in [-0.05, 0) is 28.8 Å². The van der Waals surface area contributed by atoms with Gasteiger partial charge in [-0.2, -0.15) is 0 Å². The second-order valence-electron chi connectivity index (χ2n) is 3.80. The first-order valence-corrected chi connectivity index (χ1v) is 5.26. The van der Waals surface area contributed by atoms with E-state index in [1.165, 1.54) is 10.8 Å². The van der Waals surface area contributed by atoms with Gasteiger partial charge in [0.05, 0.1) is 0 Å². The van der Waals surface area contributed by atoms with Crippen molar-refractivity contribution >= 4 is 16.5 Å². The number of hydrogen-bond acceptors (Lipinski definition) is 2. The molecule has 1 atom stereocenters. The minimum absolute atomic E-state index is 0.0242. The van der Waals surface area contributed by atoms with Gasteiger partial charge in [0.1, 0.15) is 0 Å². The fourth-order valence-electron chi connectivity index (χ4n) is 1.93. The molecule has 2 aromatic carbocycles. The minimum atomic E-state index is 0.0242. The van der Waals surface area contributed by atoms with Crippen LogP contribution >= 0.6 is 0 Å². The number of hydrogen-bond donors (Lipinski definition) is 2. The van der Waals surface area contributed by atoms with Gasteiger partial charge >= 0.3 is 0 Å². The molecule has 1 unspecified atom stereocenters. The molecule has 0 aliphatic rings. The molecular formula is C13H16N2. The van der Waals surface area contributed by atoms with Crippen LogP contribution in [-0.2, 0) is 0 Å². The average Bonchev–Trinajstić information content (AvgIpc) is 2.28. The van der Waals surface area contributed by atoms with Crippen LogP contribution in [0, 0.1) is 0 Å². The molecule has 2 aromatic rings. The van der Waals surface area contributed by atoms with E-state index in [0.29, 0.717) is 0 Å². The lowest BCUT2D eigenvalue weighted by Crippen LogP contribution is -2.11. The molecule has 0 bridgehead atoms. The summed E-state index contributed by atoms with van der Waals surface area (Å²) in [6.45, 7) is 2.08. The Kier molecular flexibility index (Phi) is 2.60. The Bertz CT molecular complexity index is 477. The molecule has 2 nitrogen and oxygen atoms in total. The van der Waals surface area contributed by atoms with E-state index in [-0.39, 0.29) is 6.04 Å². The minimum Gasteiger partial charge on any atom is -0.398 e. The lowest BCUT2D eigenvalue weighted by Gasteiger charge is -2.15. The van der Waals surface area contributed by atoms with Gasteiger partial charge in [0.15, 0.2) is 0 Å². The zero-order valence-corrected chi connectivity index (χ0v) is 8.90. The van der Waals surface area contributed by atoms with Gasteiger partial charge in [-0.1, -0.05) is 37.3 Å². The van der Waals surface area contributed by atoms with E-state index in [4.69, 9.17) is 11.5 Å². The number of fused-ring (bicyclic) bond motifs is 1. The summed E-state index contributed by atoms with van der Waals surface area (Å²) in [6, 6.07) is 12.2. The topological polar surface area (TPSA) is 52.0 Å². The van der Waals surface area contributed by atoms with Crippen molar-refractivity contribution < 1.29 is 0 Å². The van der Waals surface area contributed by atoms with Crippen LogP contribution in [0.3, 0.4) is 0 Å². The summed E-state index contributed by atoms with van der Waals surface area (Å²) in [5, 5.41) is 2.37. The maximum absolute atomic E-state index is 6.08. The molecule has 15 heavy (non-hydrogen) atoms. The number of nitrogens with two attached hydrogens (primary N) is 2. The summed E-state index contributed by atoms with van der Waals surface area (Å²) in [5.74, 6) is 0. The maximum Gasteiger partial charge on any atom is 0.0368 e. The molecule has 0 aliphatic carbocycles. The Morgan fingerprint density at radius 1 is 1.13 bits per heavy atom. The van der Waals surface area contributed by atoms with Crippen molar-refractivity contribution in [1.29, 1.82) is 0 Å². The molecule has 0 amide bonds. The van der Waals surface area contributed by atoms with Crippen molar-refractivity contribution in [2.45, 2.75) is 19.4 Å². The summed E-state index contributed by atoms with van der Waals surface area (Å²) in [5.41, 5.74) is 13.9. The van der Waals surface area contributed by atoms with E-state index in [2.05, 4.69) is 19.1 Å². The van der Waals surface area contributed by atoms with Crippen LogP contribution in [0.25, 0.3) is 10.8 Å². The molecule has 0 fully saturated rings. The maximum atomic E-state index is 6.08. The predicted molar refractivity (Wildman–Crippen MR) is 65.6 cm³/mol. The summed E-state index contributed by atoms with van der Waals surface area (Å²) >= 11 is 0. The highest BCUT2D eigenvalue weighted by atomic mass is 14.7. The monoisotopic (exact) mass is 200 g/mol. The Balaban J connectivity index is 2.74. The van der Waals surface area contributed by atoms with Crippen LogP contribution in [0.5, 0.6) is 0 Å². The quantitative estimate of drug-likeness (QED) is 0.732. The van der Waals surface area contributed by atoms with Crippen LogP contribution in [0.1, 0.15) is 24.9 Å². The zero-order chi connectivity index (χ0) is 10.8. The third-order valence-corrected chi connectivity index (χ3v) is 2.82. The molecule has 78 valence electrons.